The molecule has 5 heteroatoms. The molecule has 11 heavy (non-hydrogen) atoms. The number of nitrogens with zero attached hydrogens (tertiary/aromatic N) is 2. The van der Waals surface area contributed by atoms with Gasteiger partial charge in [0.25, 0.3) is 0 Å². The summed E-state index contributed by atoms with van der Waals surface area (Å²) in [5.41, 5.74) is 0.501. The van der Waals surface area contributed by atoms with E-state index in [0.29, 0.717) is 11.6 Å². The average molecular weight is 152 g/mol. The molecule has 0 aliphatic carbocycles. The van der Waals surface area contributed by atoms with E-state index in [1.807, 2.05) is 0 Å². The fourth-order valence-corrected chi connectivity index (χ4v) is 0.669. The molecular weight excluding hydrogens is 148 g/mol. The zero-order valence-electron chi connectivity index (χ0n) is 5.43. The molecule has 0 unspecified atom stereocenters. The highest BCUT2D eigenvalue weighted by Crippen LogP contribution is 2.03. The summed E-state index contributed by atoms with van der Waals surface area (Å²) in [6.45, 7) is 0. The predicted octanol–water partition coefficient (Wildman–Crippen LogP) is 0.854. The summed E-state index contributed by atoms with van der Waals surface area (Å²) in [7, 11) is 0. The highest BCUT2D eigenvalue weighted by Gasteiger charge is 2.08. The molecule has 0 aromatic carbocycles. The molecule has 0 amide bonds. The second-order valence-electron chi connectivity index (χ2n) is 1.79. The van der Waals surface area contributed by atoms with Crippen LogP contribution in [0.4, 0.5) is 0 Å². The van der Waals surface area contributed by atoms with Gasteiger partial charge in [-0.3, -0.25) is 4.89 Å². The number of aromatic nitrogens is 1. The topological polar surface area (TPSA) is 56.9 Å². The Bertz CT molecular complexity index is 289. The van der Waals surface area contributed by atoms with Crippen LogP contribution in [0.25, 0.3) is 0 Å². The number of hydrogen-bond donors (Lipinski definition) is 0. The van der Waals surface area contributed by atoms with Crippen molar-refractivity contribution in [3.63, 3.8) is 0 Å². The zero-order valence-corrected chi connectivity index (χ0v) is 5.43. The summed E-state index contributed by atoms with van der Waals surface area (Å²) < 4.78 is 4.94. The Hall–Kier alpha value is -1.78. The van der Waals surface area contributed by atoms with Gasteiger partial charge < -0.3 is 4.42 Å². The van der Waals surface area contributed by atoms with Gasteiger partial charge in [0.05, 0.1) is 6.20 Å². The fraction of sp³-hybridized carbons (Fsp3) is 0. The van der Waals surface area contributed by atoms with Crippen molar-refractivity contribution in [3.8, 4) is 0 Å². The Balaban J connectivity index is 2.29. The lowest BCUT2D eigenvalue weighted by Gasteiger charge is -1.99. The monoisotopic (exact) mass is 152 g/mol. The van der Waals surface area contributed by atoms with Crippen molar-refractivity contribution in [3.05, 3.63) is 30.7 Å². The number of oxazole rings is 1. The van der Waals surface area contributed by atoms with Crippen molar-refractivity contribution in [2.45, 2.75) is 0 Å². The van der Waals surface area contributed by atoms with Crippen molar-refractivity contribution in [1.29, 1.82) is 0 Å². The van der Waals surface area contributed by atoms with Gasteiger partial charge in [-0.25, -0.2) is 4.98 Å². The Labute approximate surface area is 61.9 Å². The van der Waals surface area contributed by atoms with Gasteiger partial charge >= 0.3 is 0 Å². The predicted molar refractivity (Wildman–Crippen MR) is 34.4 cm³/mol. The van der Waals surface area contributed by atoms with Crippen molar-refractivity contribution in [2.75, 3.05) is 0 Å². The zero-order chi connectivity index (χ0) is 7.52. The normalized spacial score (nSPS) is 15.1. The Morgan fingerprint density at radius 1 is 1.36 bits per heavy atom. The van der Waals surface area contributed by atoms with E-state index >= 15 is 0 Å². The average Bonchev–Trinajstić information content (AvgIpc) is 2.58. The number of rotatable bonds is 1. The van der Waals surface area contributed by atoms with Crippen molar-refractivity contribution >= 4 is 5.71 Å². The van der Waals surface area contributed by atoms with Crippen molar-refractivity contribution in [1.82, 2.24) is 4.98 Å². The molecule has 0 spiro atoms. The van der Waals surface area contributed by atoms with Gasteiger partial charge in [0, 0.05) is 6.08 Å². The summed E-state index contributed by atoms with van der Waals surface area (Å²) in [4.78, 5) is 12.5. The van der Waals surface area contributed by atoms with E-state index in [1.165, 1.54) is 18.7 Å². The van der Waals surface area contributed by atoms with E-state index in [4.69, 9.17) is 4.42 Å². The molecular formula is C6H4N2O3. The molecule has 5 nitrogen and oxygen atoms in total. The van der Waals surface area contributed by atoms with Crippen LogP contribution in [-0.4, -0.2) is 10.7 Å². The number of allylic oxidation sites excluding steroid dienone is 1. The molecule has 1 aliphatic heterocycles. The highest BCUT2D eigenvalue weighted by molar-refractivity contribution is 6.04. The van der Waals surface area contributed by atoms with Crippen LogP contribution < -0.4 is 0 Å². The van der Waals surface area contributed by atoms with Crippen LogP contribution in [-0.2, 0) is 9.88 Å². The maximum atomic E-state index is 4.94. The van der Waals surface area contributed by atoms with Gasteiger partial charge in [-0.05, 0) is 5.16 Å². The lowest BCUT2D eigenvalue weighted by molar-refractivity contribution is -0.251. The molecule has 0 saturated heterocycles. The molecule has 0 atom stereocenters. The van der Waals surface area contributed by atoms with Gasteiger partial charge in [0.15, 0.2) is 5.71 Å². The molecule has 0 bridgehead atoms. The lowest BCUT2D eigenvalue weighted by Crippen LogP contribution is -2.02. The van der Waals surface area contributed by atoms with Crippen LogP contribution in [0.2, 0.25) is 0 Å². The highest BCUT2D eigenvalue weighted by atomic mass is 17.3. The van der Waals surface area contributed by atoms with Gasteiger partial charge in [-0.1, -0.05) is 0 Å². The second kappa shape index (κ2) is 2.45. The van der Waals surface area contributed by atoms with E-state index < -0.39 is 0 Å². The molecule has 0 N–H and O–H groups in total. The van der Waals surface area contributed by atoms with Crippen LogP contribution in [0, 0.1) is 0 Å². The van der Waals surface area contributed by atoms with Crippen molar-refractivity contribution < 1.29 is 14.3 Å². The summed E-state index contributed by atoms with van der Waals surface area (Å²) in [5, 5.41) is 3.52. The summed E-state index contributed by atoms with van der Waals surface area (Å²) in [6, 6.07) is 0. The Morgan fingerprint density at radius 3 is 3.00 bits per heavy atom. The van der Waals surface area contributed by atoms with Crippen LogP contribution in [0.15, 0.2) is 34.4 Å². The molecule has 0 fully saturated rings. The van der Waals surface area contributed by atoms with Crippen LogP contribution in [0.3, 0.4) is 0 Å². The first-order valence-corrected chi connectivity index (χ1v) is 2.94. The quantitative estimate of drug-likeness (QED) is 0.560. The van der Waals surface area contributed by atoms with E-state index in [-0.39, 0.29) is 0 Å². The molecule has 1 aromatic rings. The maximum absolute atomic E-state index is 4.94. The minimum Gasteiger partial charge on any atom is -0.443 e. The van der Waals surface area contributed by atoms with E-state index in [1.54, 1.807) is 6.08 Å². The van der Waals surface area contributed by atoms with Crippen LogP contribution >= 0.6 is 0 Å². The molecule has 1 aromatic heterocycles. The fourth-order valence-electron chi connectivity index (χ4n) is 0.669. The SMILES string of the molecule is C1=CC(c2ncco2)=NOO1. The van der Waals surface area contributed by atoms with E-state index in [0.717, 1.165) is 0 Å². The summed E-state index contributed by atoms with van der Waals surface area (Å²) in [6.07, 6.45) is 5.93. The third kappa shape index (κ3) is 1.07. The molecule has 0 saturated carbocycles. The standard InChI is InChI=1S/C6H4N2O3/c1-3-10-11-8-5(1)6-7-2-4-9-6/h1-4H. The summed E-state index contributed by atoms with van der Waals surface area (Å²) in [5.74, 6) is 0.407. The van der Waals surface area contributed by atoms with Gasteiger partial charge in [0.2, 0.25) is 5.89 Å². The largest absolute Gasteiger partial charge is 0.443 e. The van der Waals surface area contributed by atoms with Crippen LogP contribution in [0.1, 0.15) is 5.89 Å². The van der Waals surface area contributed by atoms with Crippen molar-refractivity contribution in [2.24, 2.45) is 5.16 Å². The Morgan fingerprint density at radius 2 is 2.36 bits per heavy atom. The molecule has 1 aliphatic rings. The minimum atomic E-state index is 0.407. The minimum absolute atomic E-state index is 0.407. The van der Waals surface area contributed by atoms with Gasteiger partial charge in [-0.15, -0.1) is 0 Å². The second-order valence-corrected chi connectivity index (χ2v) is 1.79. The van der Waals surface area contributed by atoms with E-state index in [9.17, 15) is 0 Å². The first-order chi connectivity index (χ1) is 5.47. The van der Waals surface area contributed by atoms with Crippen LogP contribution in [0.5, 0.6) is 0 Å². The number of oxime groups is 1. The molecule has 2 heterocycles. The third-order valence-corrected chi connectivity index (χ3v) is 1.11. The van der Waals surface area contributed by atoms with E-state index in [2.05, 4.69) is 20.0 Å². The molecule has 56 valence electrons. The number of hydrogen-bond acceptors (Lipinski definition) is 5. The lowest BCUT2D eigenvalue weighted by atomic mass is 10.4. The first kappa shape index (κ1) is 5.96. The van der Waals surface area contributed by atoms with Gasteiger partial charge in [0.1, 0.15) is 12.5 Å². The maximum Gasteiger partial charge on any atom is 0.248 e. The summed E-state index contributed by atoms with van der Waals surface area (Å²) >= 11 is 0. The first-order valence-electron chi connectivity index (χ1n) is 2.94. The third-order valence-electron chi connectivity index (χ3n) is 1.11. The van der Waals surface area contributed by atoms with Gasteiger partial charge in [-0.2, -0.15) is 4.99 Å². The smallest absolute Gasteiger partial charge is 0.248 e. The Kier molecular flexibility index (Phi) is 1.33. The molecule has 0 radical (unpaired) electrons. The molecule has 2 rings (SSSR count).